The van der Waals surface area contributed by atoms with E-state index in [0.717, 1.165) is 37.8 Å². The highest BCUT2D eigenvalue weighted by atomic mass is 19.4. The number of carbonyl (C=O) groups is 1. The van der Waals surface area contributed by atoms with Crippen molar-refractivity contribution in [1.29, 1.82) is 0 Å². The van der Waals surface area contributed by atoms with Crippen molar-refractivity contribution in [3.05, 3.63) is 95.3 Å². The van der Waals surface area contributed by atoms with Crippen LogP contribution in [0.2, 0.25) is 0 Å². The molecule has 2 N–H and O–H groups in total. The Morgan fingerprint density at radius 2 is 1.59 bits per heavy atom. The van der Waals surface area contributed by atoms with Gasteiger partial charge in [0.05, 0.1) is 5.56 Å². The zero-order valence-electron chi connectivity index (χ0n) is 18.3. The van der Waals surface area contributed by atoms with Crippen molar-refractivity contribution < 1.29 is 22.4 Å². The van der Waals surface area contributed by atoms with Crippen LogP contribution in [0, 0.1) is 5.82 Å². The van der Waals surface area contributed by atoms with Gasteiger partial charge in [0, 0.05) is 24.9 Å². The minimum absolute atomic E-state index is 0.0106. The van der Waals surface area contributed by atoms with Crippen molar-refractivity contribution in [1.82, 2.24) is 20.6 Å². The van der Waals surface area contributed by atoms with E-state index in [-0.39, 0.29) is 23.9 Å². The van der Waals surface area contributed by atoms with Crippen molar-refractivity contribution >= 4 is 6.03 Å². The van der Waals surface area contributed by atoms with Gasteiger partial charge in [0.25, 0.3) is 0 Å². The molecular weight excluding hydrogens is 448 g/mol. The van der Waals surface area contributed by atoms with Crippen molar-refractivity contribution in [2.24, 2.45) is 0 Å². The Morgan fingerprint density at radius 1 is 0.941 bits per heavy atom. The second-order valence-electron chi connectivity index (χ2n) is 8.45. The van der Waals surface area contributed by atoms with E-state index < -0.39 is 29.1 Å². The van der Waals surface area contributed by atoms with Crippen LogP contribution in [0.4, 0.5) is 22.4 Å². The number of aromatic nitrogens is 2. The molecule has 2 amide bonds. The number of amides is 2. The van der Waals surface area contributed by atoms with Crippen molar-refractivity contribution in [3.8, 4) is 0 Å². The van der Waals surface area contributed by atoms with Gasteiger partial charge in [-0.05, 0) is 48.2 Å². The van der Waals surface area contributed by atoms with Gasteiger partial charge in [0.2, 0.25) is 0 Å². The summed E-state index contributed by atoms with van der Waals surface area (Å²) >= 11 is 0. The fourth-order valence-corrected chi connectivity index (χ4v) is 4.39. The van der Waals surface area contributed by atoms with Crippen LogP contribution in [0.3, 0.4) is 0 Å². The minimum Gasteiger partial charge on any atom is -0.335 e. The molecule has 0 aliphatic heterocycles. The normalized spacial score (nSPS) is 16.1. The van der Waals surface area contributed by atoms with Crippen molar-refractivity contribution in [2.75, 3.05) is 0 Å². The standard InChI is InChI=1S/C25H24F4N4O/c26-20-14-18(13-19(15-20)25(27,28)29)24(22-30-11-6-12-31-22,16-17-7-2-1-3-8-17)33-23(34)32-21-9-4-5-10-21/h1-3,6-8,11-15,21H,4-5,9-10,16H2,(H2,32,33,34)/t24-/m0/s1. The number of urea groups is 1. The summed E-state index contributed by atoms with van der Waals surface area (Å²) in [4.78, 5) is 21.7. The molecule has 178 valence electrons. The third-order valence-electron chi connectivity index (χ3n) is 5.99. The molecule has 1 aliphatic rings. The largest absolute Gasteiger partial charge is 0.416 e. The number of alkyl halides is 3. The van der Waals surface area contributed by atoms with Gasteiger partial charge in [-0.1, -0.05) is 43.2 Å². The Hall–Kier alpha value is -3.49. The van der Waals surface area contributed by atoms with Gasteiger partial charge < -0.3 is 10.6 Å². The van der Waals surface area contributed by atoms with Crippen LogP contribution in [-0.2, 0) is 18.1 Å². The van der Waals surface area contributed by atoms with Gasteiger partial charge in [-0.3, -0.25) is 0 Å². The number of hydrogen-bond acceptors (Lipinski definition) is 3. The quantitative estimate of drug-likeness (QED) is 0.475. The molecule has 9 heteroatoms. The van der Waals surface area contributed by atoms with Gasteiger partial charge in [0.1, 0.15) is 11.4 Å². The zero-order valence-corrected chi connectivity index (χ0v) is 18.3. The Bertz CT molecular complexity index is 1120. The highest BCUT2D eigenvalue weighted by molar-refractivity contribution is 5.76. The van der Waals surface area contributed by atoms with Crippen LogP contribution in [-0.4, -0.2) is 22.0 Å². The van der Waals surface area contributed by atoms with Crippen LogP contribution in [0.5, 0.6) is 0 Å². The SMILES string of the molecule is O=C(NC1CCCC1)N[C@@](Cc1ccccc1)(c1cc(F)cc(C(F)(F)F)c1)c1ncccn1. The minimum atomic E-state index is -4.78. The maximum Gasteiger partial charge on any atom is 0.416 e. The summed E-state index contributed by atoms with van der Waals surface area (Å²) in [6.45, 7) is 0. The summed E-state index contributed by atoms with van der Waals surface area (Å²) in [5.74, 6) is -1.02. The Labute approximate surface area is 194 Å². The number of benzene rings is 2. The molecule has 0 unspecified atom stereocenters. The molecule has 1 saturated carbocycles. The van der Waals surface area contributed by atoms with Crippen LogP contribution in [0.15, 0.2) is 67.0 Å². The summed E-state index contributed by atoms with van der Waals surface area (Å²) < 4.78 is 55.3. The Balaban J connectivity index is 1.87. The molecule has 1 aliphatic carbocycles. The summed E-state index contributed by atoms with van der Waals surface area (Å²) in [5, 5.41) is 5.73. The highest BCUT2D eigenvalue weighted by Crippen LogP contribution is 2.37. The number of rotatable bonds is 6. The Kier molecular flexibility index (Phi) is 6.81. The second-order valence-corrected chi connectivity index (χ2v) is 8.45. The van der Waals surface area contributed by atoms with Gasteiger partial charge >= 0.3 is 12.2 Å². The first-order chi connectivity index (χ1) is 16.3. The molecule has 0 bridgehead atoms. The molecule has 1 aromatic heterocycles. The third-order valence-corrected chi connectivity index (χ3v) is 5.99. The van der Waals surface area contributed by atoms with E-state index in [1.165, 1.54) is 12.4 Å². The van der Waals surface area contributed by atoms with Crippen LogP contribution in [0.25, 0.3) is 0 Å². The third kappa shape index (κ3) is 5.35. The first-order valence-electron chi connectivity index (χ1n) is 11.0. The number of nitrogens with one attached hydrogen (secondary N) is 2. The van der Waals surface area contributed by atoms with Crippen molar-refractivity contribution in [2.45, 2.75) is 49.9 Å². The van der Waals surface area contributed by atoms with E-state index in [1.54, 1.807) is 36.4 Å². The van der Waals surface area contributed by atoms with Crippen LogP contribution in [0.1, 0.15) is 48.2 Å². The van der Waals surface area contributed by atoms with E-state index >= 15 is 0 Å². The van der Waals surface area contributed by atoms with Gasteiger partial charge in [-0.2, -0.15) is 13.2 Å². The molecule has 1 heterocycles. The molecule has 0 saturated heterocycles. The molecule has 2 aromatic carbocycles. The number of nitrogens with zero attached hydrogens (tertiary/aromatic N) is 2. The number of halogens is 4. The van der Waals surface area contributed by atoms with Crippen LogP contribution < -0.4 is 10.6 Å². The molecular formula is C25H24F4N4O. The first kappa shape index (κ1) is 23.7. The topological polar surface area (TPSA) is 66.9 Å². The summed E-state index contributed by atoms with van der Waals surface area (Å²) in [7, 11) is 0. The lowest BCUT2D eigenvalue weighted by atomic mass is 9.81. The maximum atomic E-state index is 14.5. The van der Waals surface area contributed by atoms with E-state index in [1.807, 2.05) is 0 Å². The average molecular weight is 472 g/mol. The average Bonchev–Trinajstić information content (AvgIpc) is 3.32. The summed E-state index contributed by atoms with van der Waals surface area (Å²) in [6, 6.07) is 12.1. The monoisotopic (exact) mass is 472 g/mol. The summed E-state index contributed by atoms with van der Waals surface area (Å²) in [5.41, 5.74) is -2.22. The molecule has 0 spiro atoms. The zero-order chi connectivity index (χ0) is 24.2. The Morgan fingerprint density at radius 3 is 2.24 bits per heavy atom. The fourth-order valence-electron chi connectivity index (χ4n) is 4.39. The molecule has 34 heavy (non-hydrogen) atoms. The summed E-state index contributed by atoms with van der Waals surface area (Å²) in [6.07, 6.45) is 1.71. The second kappa shape index (κ2) is 9.79. The molecule has 4 rings (SSSR count). The van der Waals surface area contributed by atoms with Gasteiger partial charge in [0.15, 0.2) is 5.82 Å². The van der Waals surface area contributed by atoms with E-state index in [0.29, 0.717) is 11.6 Å². The number of hydrogen-bond donors (Lipinski definition) is 2. The number of carbonyl (C=O) groups excluding carboxylic acids is 1. The molecule has 1 fully saturated rings. The van der Waals surface area contributed by atoms with Gasteiger partial charge in [-0.15, -0.1) is 0 Å². The fraction of sp³-hybridized carbons (Fsp3) is 0.320. The maximum absolute atomic E-state index is 14.5. The van der Waals surface area contributed by atoms with Crippen molar-refractivity contribution in [3.63, 3.8) is 0 Å². The van der Waals surface area contributed by atoms with Gasteiger partial charge in [-0.25, -0.2) is 19.2 Å². The van der Waals surface area contributed by atoms with E-state index in [9.17, 15) is 22.4 Å². The highest BCUT2D eigenvalue weighted by Gasteiger charge is 2.42. The van der Waals surface area contributed by atoms with E-state index in [2.05, 4.69) is 20.6 Å². The predicted octanol–water partition coefficient (Wildman–Crippen LogP) is 5.36. The molecule has 0 radical (unpaired) electrons. The first-order valence-corrected chi connectivity index (χ1v) is 11.0. The smallest absolute Gasteiger partial charge is 0.335 e. The lowest BCUT2D eigenvalue weighted by Crippen LogP contribution is -2.54. The van der Waals surface area contributed by atoms with E-state index in [4.69, 9.17) is 0 Å². The lowest BCUT2D eigenvalue weighted by molar-refractivity contribution is -0.137. The molecule has 3 aromatic rings. The van der Waals surface area contributed by atoms with Crippen LogP contribution >= 0.6 is 0 Å². The predicted molar refractivity (Wildman–Crippen MR) is 118 cm³/mol. The molecule has 1 atom stereocenters. The lowest BCUT2D eigenvalue weighted by Gasteiger charge is -2.35. The molecule has 5 nitrogen and oxygen atoms in total.